The number of ether oxygens (including phenoxy) is 3. The number of carbonyl (C=O) groups excluding carboxylic acids is 1. The van der Waals surface area contributed by atoms with Crippen LogP contribution in [0.4, 0.5) is 5.69 Å². The minimum Gasteiger partial charge on any atom is -0.497 e. The largest absolute Gasteiger partial charge is 0.497 e. The molecule has 2 aromatic rings. The number of rotatable bonds is 5. The lowest BCUT2D eigenvalue weighted by atomic mass is 10.1. The molecule has 0 spiro atoms. The number of nitrogens with one attached hydrogen (secondary N) is 1. The Bertz CT molecular complexity index is 666. The molecular formula is C16H16ClNO4. The lowest BCUT2D eigenvalue weighted by Gasteiger charge is -2.12. The fourth-order valence-electron chi connectivity index (χ4n) is 1.94. The van der Waals surface area contributed by atoms with E-state index in [1.165, 1.54) is 7.11 Å². The van der Waals surface area contributed by atoms with Gasteiger partial charge in [0, 0.05) is 28.9 Å². The molecule has 0 aliphatic carbocycles. The van der Waals surface area contributed by atoms with Crippen molar-refractivity contribution in [3.63, 3.8) is 0 Å². The maximum atomic E-state index is 12.4. The summed E-state index contributed by atoms with van der Waals surface area (Å²) < 4.78 is 15.5. The van der Waals surface area contributed by atoms with Crippen molar-refractivity contribution in [2.75, 3.05) is 26.6 Å². The van der Waals surface area contributed by atoms with Crippen molar-refractivity contribution >= 4 is 23.2 Å². The van der Waals surface area contributed by atoms with E-state index in [1.807, 2.05) is 0 Å². The van der Waals surface area contributed by atoms with E-state index < -0.39 is 0 Å². The summed E-state index contributed by atoms with van der Waals surface area (Å²) in [5.74, 6) is 1.26. The molecule has 6 heteroatoms. The Morgan fingerprint density at radius 3 is 2.14 bits per heavy atom. The molecule has 0 fully saturated rings. The maximum Gasteiger partial charge on any atom is 0.259 e. The summed E-state index contributed by atoms with van der Waals surface area (Å²) in [5, 5.41) is 3.22. The Hall–Kier alpha value is -2.40. The van der Waals surface area contributed by atoms with Gasteiger partial charge in [-0.3, -0.25) is 4.79 Å². The number of carbonyl (C=O) groups is 1. The second-order valence-corrected chi connectivity index (χ2v) is 4.84. The number of halogens is 1. The Kier molecular flexibility index (Phi) is 5.12. The second kappa shape index (κ2) is 7.04. The van der Waals surface area contributed by atoms with Crippen LogP contribution in [-0.2, 0) is 0 Å². The number of hydrogen-bond donors (Lipinski definition) is 1. The van der Waals surface area contributed by atoms with Crippen LogP contribution in [0.25, 0.3) is 0 Å². The monoisotopic (exact) mass is 321 g/mol. The summed E-state index contributed by atoms with van der Waals surface area (Å²) >= 11 is 5.94. The van der Waals surface area contributed by atoms with Crippen LogP contribution >= 0.6 is 11.6 Å². The summed E-state index contributed by atoms with van der Waals surface area (Å²) in [5.41, 5.74) is 0.889. The van der Waals surface area contributed by atoms with Crippen LogP contribution in [0.2, 0.25) is 5.02 Å². The van der Waals surface area contributed by atoms with Crippen molar-refractivity contribution in [3.8, 4) is 17.2 Å². The number of amides is 1. The van der Waals surface area contributed by atoms with Crippen LogP contribution in [0, 0.1) is 0 Å². The zero-order valence-corrected chi connectivity index (χ0v) is 13.2. The zero-order valence-electron chi connectivity index (χ0n) is 12.5. The van der Waals surface area contributed by atoms with Crippen molar-refractivity contribution in [1.29, 1.82) is 0 Å². The second-order valence-electron chi connectivity index (χ2n) is 4.40. The van der Waals surface area contributed by atoms with Gasteiger partial charge < -0.3 is 19.5 Å². The van der Waals surface area contributed by atoms with E-state index in [0.29, 0.717) is 33.5 Å². The van der Waals surface area contributed by atoms with Crippen LogP contribution in [0.3, 0.4) is 0 Å². The van der Waals surface area contributed by atoms with Crippen LogP contribution in [0.5, 0.6) is 17.2 Å². The summed E-state index contributed by atoms with van der Waals surface area (Å²) in [6.07, 6.45) is 0. The van der Waals surface area contributed by atoms with E-state index in [2.05, 4.69) is 5.32 Å². The molecule has 116 valence electrons. The van der Waals surface area contributed by atoms with E-state index in [9.17, 15) is 4.79 Å². The van der Waals surface area contributed by atoms with Crippen molar-refractivity contribution in [1.82, 2.24) is 0 Å². The Balaban J connectivity index is 2.31. The minimum atomic E-state index is -0.338. The molecule has 2 aromatic carbocycles. The first-order valence-corrected chi connectivity index (χ1v) is 6.83. The molecule has 5 nitrogen and oxygen atoms in total. The van der Waals surface area contributed by atoms with Crippen molar-refractivity contribution in [3.05, 3.63) is 47.0 Å². The SMILES string of the molecule is COc1cc(NC(=O)c2cc(Cl)ccc2OC)cc(OC)c1. The van der Waals surface area contributed by atoms with Gasteiger partial charge in [0.2, 0.25) is 0 Å². The fourth-order valence-corrected chi connectivity index (χ4v) is 2.11. The molecule has 0 unspecified atom stereocenters. The fraction of sp³-hybridized carbons (Fsp3) is 0.188. The van der Waals surface area contributed by atoms with Gasteiger partial charge in [0.05, 0.1) is 26.9 Å². The molecular weight excluding hydrogens is 306 g/mol. The molecule has 0 aliphatic rings. The highest BCUT2D eigenvalue weighted by molar-refractivity contribution is 6.31. The van der Waals surface area contributed by atoms with Crippen molar-refractivity contribution in [2.45, 2.75) is 0 Å². The Labute approximate surface area is 133 Å². The molecule has 0 bridgehead atoms. The van der Waals surface area contributed by atoms with Gasteiger partial charge in [0.25, 0.3) is 5.91 Å². The number of anilines is 1. The predicted molar refractivity (Wildman–Crippen MR) is 85.5 cm³/mol. The summed E-state index contributed by atoms with van der Waals surface area (Å²) in [6, 6.07) is 9.95. The lowest BCUT2D eigenvalue weighted by Crippen LogP contribution is -2.13. The van der Waals surface area contributed by atoms with Gasteiger partial charge >= 0.3 is 0 Å². The quantitative estimate of drug-likeness (QED) is 0.914. The average molecular weight is 322 g/mol. The van der Waals surface area contributed by atoms with E-state index in [0.717, 1.165) is 0 Å². The van der Waals surface area contributed by atoms with Gasteiger partial charge in [-0.15, -0.1) is 0 Å². The first-order valence-electron chi connectivity index (χ1n) is 6.45. The smallest absolute Gasteiger partial charge is 0.259 e. The third-order valence-electron chi connectivity index (χ3n) is 3.02. The molecule has 0 aromatic heterocycles. The molecule has 0 radical (unpaired) electrons. The highest BCUT2D eigenvalue weighted by Crippen LogP contribution is 2.28. The van der Waals surface area contributed by atoms with E-state index >= 15 is 0 Å². The highest BCUT2D eigenvalue weighted by atomic mass is 35.5. The minimum absolute atomic E-state index is 0.338. The molecule has 0 heterocycles. The summed E-state index contributed by atoms with van der Waals surface area (Å²) in [7, 11) is 4.58. The van der Waals surface area contributed by atoms with Gasteiger partial charge in [-0.1, -0.05) is 11.6 Å². The molecule has 0 atom stereocenters. The Morgan fingerprint density at radius 1 is 0.955 bits per heavy atom. The van der Waals surface area contributed by atoms with Gasteiger partial charge in [-0.2, -0.15) is 0 Å². The summed E-state index contributed by atoms with van der Waals surface area (Å²) in [6.45, 7) is 0. The number of hydrogen-bond acceptors (Lipinski definition) is 4. The number of benzene rings is 2. The van der Waals surface area contributed by atoms with E-state index in [-0.39, 0.29) is 5.91 Å². The summed E-state index contributed by atoms with van der Waals surface area (Å²) in [4.78, 5) is 12.4. The first kappa shape index (κ1) is 16.0. The zero-order chi connectivity index (χ0) is 16.1. The van der Waals surface area contributed by atoms with E-state index in [4.69, 9.17) is 25.8 Å². The Morgan fingerprint density at radius 2 is 1.59 bits per heavy atom. The van der Waals surface area contributed by atoms with Gasteiger partial charge in [0.1, 0.15) is 17.2 Å². The van der Waals surface area contributed by atoms with Crippen LogP contribution in [-0.4, -0.2) is 27.2 Å². The topological polar surface area (TPSA) is 56.8 Å². The average Bonchev–Trinajstić information content (AvgIpc) is 2.54. The van der Waals surface area contributed by atoms with Gasteiger partial charge in [0.15, 0.2) is 0 Å². The maximum absolute atomic E-state index is 12.4. The first-order chi connectivity index (χ1) is 10.6. The van der Waals surface area contributed by atoms with Crippen LogP contribution < -0.4 is 19.5 Å². The standard InChI is InChI=1S/C16H16ClNO4/c1-20-12-7-11(8-13(9-12)21-2)18-16(19)14-6-10(17)4-5-15(14)22-3/h4-9H,1-3H3,(H,18,19). The molecule has 0 aliphatic heterocycles. The molecule has 0 saturated carbocycles. The predicted octanol–water partition coefficient (Wildman–Crippen LogP) is 3.62. The number of methoxy groups -OCH3 is 3. The van der Waals surface area contributed by atoms with E-state index in [1.54, 1.807) is 50.6 Å². The molecule has 1 amide bonds. The van der Waals surface area contributed by atoms with Gasteiger partial charge in [-0.05, 0) is 18.2 Å². The molecule has 22 heavy (non-hydrogen) atoms. The third kappa shape index (κ3) is 3.62. The van der Waals surface area contributed by atoms with Gasteiger partial charge in [-0.25, -0.2) is 0 Å². The molecule has 1 N–H and O–H groups in total. The van der Waals surface area contributed by atoms with Crippen molar-refractivity contribution < 1.29 is 19.0 Å². The molecule has 2 rings (SSSR count). The normalized spacial score (nSPS) is 10.0. The lowest BCUT2D eigenvalue weighted by molar-refractivity contribution is 0.102. The van der Waals surface area contributed by atoms with Crippen LogP contribution in [0.15, 0.2) is 36.4 Å². The molecule has 0 saturated heterocycles. The van der Waals surface area contributed by atoms with Crippen LogP contribution in [0.1, 0.15) is 10.4 Å². The third-order valence-corrected chi connectivity index (χ3v) is 3.25. The highest BCUT2D eigenvalue weighted by Gasteiger charge is 2.14. The van der Waals surface area contributed by atoms with Crippen molar-refractivity contribution in [2.24, 2.45) is 0 Å².